The van der Waals surface area contributed by atoms with Gasteiger partial charge in [-0.25, -0.2) is 0 Å². The molecule has 2 nitrogen and oxygen atoms in total. The quantitative estimate of drug-likeness (QED) is 0.879. The first-order chi connectivity index (χ1) is 8.79. The van der Waals surface area contributed by atoms with Gasteiger partial charge >= 0.3 is 0 Å². The molecular formula is C14H17ClN2S. The summed E-state index contributed by atoms with van der Waals surface area (Å²) in [6.07, 6.45) is 0. The number of thiophene rings is 1. The third-order valence-electron chi connectivity index (χ3n) is 2.78. The van der Waals surface area contributed by atoms with Gasteiger partial charge in [0, 0.05) is 26.2 Å². The smallest absolute Gasteiger partial charge is 0.0973 e. The summed E-state index contributed by atoms with van der Waals surface area (Å²) in [4.78, 5) is 2.32. The maximum absolute atomic E-state index is 6.15. The Labute approximate surface area is 117 Å². The van der Waals surface area contributed by atoms with Crippen molar-refractivity contribution >= 4 is 22.9 Å². The number of benzene rings is 1. The summed E-state index contributed by atoms with van der Waals surface area (Å²) in [5.41, 5.74) is 8.17. The Bertz CT molecular complexity index is 470. The Morgan fingerprint density at radius 3 is 2.50 bits per heavy atom. The average Bonchev–Trinajstić information content (AvgIpc) is 2.77. The van der Waals surface area contributed by atoms with Crippen molar-refractivity contribution in [3.8, 4) is 0 Å². The number of hydrogen-bond acceptors (Lipinski definition) is 3. The lowest BCUT2D eigenvalue weighted by molar-refractivity contribution is 0.265. The van der Waals surface area contributed by atoms with Gasteiger partial charge in [-0.05, 0) is 22.6 Å². The van der Waals surface area contributed by atoms with Crippen molar-refractivity contribution in [3.05, 3.63) is 57.2 Å². The molecule has 96 valence electrons. The van der Waals surface area contributed by atoms with Gasteiger partial charge in [-0.15, -0.1) is 11.3 Å². The van der Waals surface area contributed by atoms with Gasteiger partial charge < -0.3 is 5.73 Å². The summed E-state index contributed by atoms with van der Waals surface area (Å²) < 4.78 is 0.880. The summed E-state index contributed by atoms with van der Waals surface area (Å²) in [5.74, 6) is 0. The van der Waals surface area contributed by atoms with E-state index in [0.717, 1.165) is 24.0 Å². The van der Waals surface area contributed by atoms with E-state index in [-0.39, 0.29) is 0 Å². The highest BCUT2D eigenvalue weighted by molar-refractivity contribution is 7.14. The van der Waals surface area contributed by atoms with Crippen LogP contribution >= 0.6 is 22.9 Å². The van der Waals surface area contributed by atoms with E-state index in [1.54, 1.807) is 11.3 Å². The first-order valence-electron chi connectivity index (χ1n) is 5.98. The highest BCUT2D eigenvalue weighted by Crippen LogP contribution is 2.24. The van der Waals surface area contributed by atoms with Crippen LogP contribution in [0.2, 0.25) is 4.34 Å². The molecule has 0 saturated heterocycles. The topological polar surface area (TPSA) is 29.3 Å². The van der Waals surface area contributed by atoms with Crippen LogP contribution < -0.4 is 5.73 Å². The van der Waals surface area contributed by atoms with Crippen LogP contribution in [-0.2, 0) is 13.1 Å². The zero-order valence-corrected chi connectivity index (χ0v) is 11.8. The fourth-order valence-corrected chi connectivity index (χ4v) is 2.82. The van der Waals surface area contributed by atoms with E-state index in [0.29, 0.717) is 6.54 Å². The zero-order valence-electron chi connectivity index (χ0n) is 10.2. The Morgan fingerprint density at radius 2 is 1.89 bits per heavy atom. The molecule has 0 amide bonds. The predicted octanol–water partition coefficient (Wildman–Crippen LogP) is 3.36. The molecule has 0 fully saturated rings. The zero-order chi connectivity index (χ0) is 12.8. The monoisotopic (exact) mass is 280 g/mol. The molecule has 18 heavy (non-hydrogen) atoms. The van der Waals surface area contributed by atoms with Crippen molar-refractivity contribution in [2.24, 2.45) is 5.73 Å². The van der Waals surface area contributed by atoms with E-state index in [9.17, 15) is 0 Å². The second-order valence-electron chi connectivity index (χ2n) is 4.20. The van der Waals surface area contributed by atoms with Gasteiger partial charge in [0.05, 0.1) is 4.34 Å². The fourth-order valence-electron chi connectivity index (χ4n) is 1.91. The van der Waals surface area contributed by atoms with Crippen molar-refractivity contribution in [2.75, 3.05) is 13.1 Å². The Balaban J connectivity index is 2.02. The molecule has 0 bridgehead atoms. The van der Waals surface area contributed by atoms with Crippen molar-refractivity contribution in [3.63, 3.8) is 0 Å². The minimum atomic E-state index is 0.661. The largest absolute Gasteiger partial charge is 0.329 e. The Morgan fingerprint density at radius 1 is 1.11 bits per heavy atom. The first kappa shape index (κ1) is 13.6. The Hall–Kier alpha value is -0.870. The molecule has 0 aliphatic carbocycles. The van der Waals surface area contributed by atoms with E-state index in [1.807, 2.05) is 11.4 Å². The molecule has 0 saturated carbocycles. The summed E-state index contributed by atoms with van der Waals surface area (Å²) in [7, 11) is 0. The van der Waals surface area contributed by atoms with Crippen molar-refractivity contribution in [2.45, 2.75) is 13.1 Å². The van der Waals surface area contributed by atoms with Crippen molar-refractivity contribution in [1.82, 2.24) is 4.90 Å². The van der Waals surface area contributed by atoms with E-state index in [2.05, 4.69) is 35.2 Å². The average molecular weight is 281 g/mol. The molecule has 2 N–H and O–H groups in total. The first-order valence-corrected chi connectivity index (χ1v) is 7.23. The molecule has 1 heterocycles. The third-order valence-corrected chi connectivity index (χ3v) is 4.03. The van der Waals surface area contributed by atoms with Gasteiger partial charge in [0.1, 0.15) is 0 Å². The molecule has 0 atom stereocenters. The standard InChI is InChI=1S/C14H17ClN2S/c15-14-13(6-9-18-14)11-17(8-7-16)10-12-4-2-1-3-5-12/h1-6,9H,7-8,10-11,16H2. The van der Waals surface area contributed by atoms with E-state index in [1.165, 1.54) is 11.1 Å². The molecule has 2 rings (SSSR count). The molecule has 0 aliphatic rings. The number of rotatable bonds is 6. The van der Waals surface area contributed by atoms with Gasteiger partial charge in [-0.2, -0.15) is 0 Å². The highest BCUT2D eigenvalue weighted by atomic mass is 35.5. The lowest BCUT2D eigenvalue weighted by atomic mass is 10.2. The van der Waals surface area contributed by atoms with Crippen molar-refractivity contribution < 1.29 is 0 Å². The van der Waals surface area contributed by atoms with Crippen LogP contribution in [0.25, 0.3) is 0 Å². The summed E-state index contributed by atoms with van der Waals surface area (Å²) in [6, 6.07) is 12.5. The van der Waals surface area contributed by atoms with Crippen LogP contribution in [0.3, 0.4) is 0 Å². The second-order valence-corrected chi connectivity index (χ2v) is 5.72. The van der Waals surface area contributed by atoms with Crippen LogP contribution in [0.4, 0.5) is 0 Å². The maximum atomic E-state index is 6.15. The van der Waals surface area contributed by atoms with Gasteiger partial charge in [0.15, 0.2) is 0 Å². The minimum Gasteiger partial charge on any atom is -0.329 e. The third kappa shape index (κ3) is 3.82. The molecule has 0 radical (unpaired) electrons. The van der Waals surface area contributed by atoms with Crippen LogP contribution in [0, 0.1) is 0 Å². The van der Waals surface area contributed by atoms with Gasteiger partial charge in [-0.1, -0.05) is 41.9 Å². The molecule has 1 aromatic heterocycles. The van der Waals surface area contributed by atoms with Gasteiger partial charge in [-0.3, -0.25) is 4.90 Å². The van der Waals surface area contributed by atoms with Gasteiger partial charge in [0.25, 0.3) is 0 Å². The minimum absolute atomic E-state index is 0.661. The van der Waals surface area contributed by atoms with Crippen LogP contribution in [0.15, 0.2) is 41.8 Å². The van der Waals surface area contributed by atoms with E-state index in [4.69, 9.17) is 17.3 Å². The van der Waals surface area contributed by atoms with Crippen LogP contribution in [0.5, 0.6) is 0 Å². The van der Waals surface area contributed by atoms with Crippen LogP contribution in [-0.4, -0.2) is 18.0 Å². The number of nitrogens with zero attached hydrogens (tertiary/aromatic N) is 1. The Kier molecular flexibility index (Phi) is 5.20. The second kappa shape index (κ2) is 6.90. The number of halogens is 1. The van der Waals surface area contributed by atoms with E-state index < -0.39 is 0 Å². The molecule has 0 spiro atoms. The molecule has 2 aromatic rings. The number of hydrogen-bond donors (Lipinski definition) is 1. The van der Waals surface area contributed by atoms with E-state index >= 15 is 0 Å². The lowest BCUT2D eigenvalue weighted by Gasteiger charge is -2.21. The molecular weight excluding hydrogens is 264 g/mol. The molecule has 1 aromatic carbocycles. The SMILES string of the molecule is NCCN(Cc1ccccc1)Cc1ccsc1Cl. The van der Waals surface area contributed by atoms with Gasteiger partial charge in [0.2, 0.25) is 0 Å². The predicted molar refractivity (Wildman–Crippen MR) is 78.9 cm³/mol. The van der Waals surface area contributed by atoms with Crippen molar-refractivity contribution in [1.29, 1.82) is 0 Å². The number of nitrogens with two attached hydrogens (primary N) is 1. The maximum Gasteiger partial charge on any atom is 0.0973 e. The molecule has 0 aliphatic heterocycles. The highest BCUT2D eigenvalue weighted by Gasteiger charge is 2.09. The summed E-state index contributed by atoms with van der Waals surface area (Å²) >= 11 is 7.73. The lowest BCUT2D eigenvalue weighted by Crippen LogP contribution is -2.28. The molecule has 4 heteroatoms. The summed E-state index contributed by atoms with van der Waals surface area (Å²) in [6.45, 7) is 3.30. The fraction of sp³-hybridized carbons (Fsp3) is 0.286. The normalized spacial score (nSPS) is 11.1. The summed E-state index contributed by atoms with van der Waals surface area (Å²) in [5, 5.41) is 2.03. The van der Waals surface area contributed by atoms with Crippen LogP contribution in [0.1, 0.15) is 11.1 Å². The molecule has 0 unspecified atom stereocenters.